The number of halogens is 1. The fraction of sp³-hybridized carbons (Fsp3) is 0.276. The molecular weight excluding hydrogens is 501 g/mol. The summed E-state index contributed by atoms with van der Waals surface area (Å²) in [6.45, 7) is -0.249. The summed E-state index contributed by atoms with van der Waals surface area (Å²) in [5, 5.41) is 11.3. The van der Waals surface area contributed by atoms with Crippen molar-refractivity contribution in [3.05, 3.63) is 89.7 Å². The Morgan fingerprint density at radius 2 is 1.72 bits per heavy atom. The van der Waals surface area contributed by atoms with Crippen LogP contribution in [0.5, 0.6) is 0 Å². The number of amides is 2. The average molecular weight is 530 g/mol. The molecule has 5 rings (SSSR count). The van der Waals surface area contributed by atoms with E-state index in [1.807, 2.05) is 12.1 Å². The highest BCUT2D eigenvalue weighted by Gasteiger charge is 2.36. The molecule has 4 aromatic rings. The summed E-state index contributed by atoms with van der Waals surface area (Å²) in [7, 11) is 1.27. The van der Waals surface area contributed by atoms with E-state index in [1.165, 1.54) is 47.0 Å². The summed E-state index contributed by atoms with van der Waals surface area (Å²) in [6, 6.07) is 17.9. The third-order valence-electron chi connectivity index (χ3n) is 6.95. The molecule has 1 atom stereocenters. The van der Waals surface area contributed by atoms with Crippen LogP contribution >= 0.6 is 0 Å². The summed E-state index contributed by atoms with van der Waals surface area (Å²) in [6.07, 6.45) is 3.63. The van der Waals surface area contributed by atoms with E-state index < -0.39 is 29.6 Å². The lowest BCUT2D eigenvalue weighted by molar-refractivity contribution is -0.127. The fourth-order valence-electron chi connectivity index (χ4n) is 5.00. The van der Waals surface area contributed by atoms with Gasteiger partial charge in [0.15, 0.2) is 0 Å². The molecule has 1 fully saturated rings. The van der Waals surface area contributed by atoms with Gasteiger partial charge in [-0.1, -0.05) is 48.4 Å². The van der Waals surface area contributed by atoms with E-state index in [0.29, 0.717) is 16.7 Å². The summed E-state index contributed by atoms with van der Waals surface area (Å²) >= 11 is 0. The molecule has 10 heteroatoms. The zero-order valence-corrected chi connectivity index (χ0v) is 21.4. The predicted molar refractivity (Wildman–Crippen MR) is 142 cm³/mol. The molecule has 9 nitrogen and oxygen atoms in total. The Morgan fingerprint density at radius 3 is 2.44 bits per heavy atom. The second-order valence-corrected chi connectivity index (χ2v) is 9.45. The molecule has 1 saturated carbocycles. The number of para-hydroxylation sites is 1. The summed E-state index contributed by atoms with van der Waals surface area (Å²) in [5.41, 5.74) is 1.90. The van der Waals surface area contributed by atoms with Crippen LogP contribution in [0, 0.1) is 5.82 Å². The maximum atomic E-state index is 15.2. The van der Waals surface area contributed by atoms with Gasteiger partial charge in [0.1, 0.15) is 23.9 Å². The average Bonchev–Trinajstić information content (AvgIpc) is 3.62. The molecule has 3 aromatic carbocycles. The van der Waals surface area contributed by atoms with E-state index in [-0.39, 0.29) is 23.7 Å². The van der Waals surface area contributed by atoms with Crippen LogP contribution in [0.4, 0.5) is 10.1 Å². The van der Waals surface area contributed by atoms with Crippen molar-refractivity contribution in [2.24, 2.45) is 0 Å². The molecule has 1 aliphatic carbocycles. The zero-order valence-electron chi connectivity index (χ0n) is 21.4. The molecule has 0 spiro atoms. The molecule has 0 saturated heterocycles. The van der Waals surface area contributed by atoms with Crippen molar-refractivity contribution < 1.29 is 23.5 Å². The first-order valence-electron chi connectivity index (χ1n) is 12.8. The van der Waals surface area contributed by atoms with Crippen molar-refractivity contribution in [1.29, 1.82) is 0 Å². The Balaban J connectivity index is 1.59. The molecule has 1 aromatic heterocycles. The van der Waals surface area contributed by atoms with Crippen LogP contribution in [0.15, 0.2) is 72.8 Å². The summed E-state index contributed by atoms with van der Waals surface area (Å²) < 4.78 is 21.5. The first-order chi connectivity index (χ1) is 19.0. The van der Waals surface area contributed by atoms with Gasteiger partial charge >= 0.3 is 5.97 Å². The number of nitrogens with one attached hydrogen (secondary N) is 1. The third-order valence-corrected chi connectivity index (χ3v) is 6.95. The number of hydrogen-bond acceptors (Lipinski definition) is 6. The SMILES string of the molecule is COC(=O)c1ccc(N(C(=O)Cn2nnc3ccccc32)[C@@H](C(=O)NC2CCCC2)c2ccccc2F)cc1. The maximum Gasteiger partial charge on any atom is 0.337 e. The number of fused-ring (bicyclic) bond motifs is 1. The van der Waals surface area contributed by atoms with Gasteiger partial charge in [-0.2, -0.15) is 0 Å². The minimum Gasteiger partial charge on any atom is -0.465 e. The van der Waals surface area contributed by atoms with Crippen LogP contribution in [-0.2, 0) is 20.9 Å². The number of hydrogen-bond donors (Lipinski definition) is 1. The highest BCUT2D eigenvalue weighted by atomic mass is 19.1. The lowest BCUT2D eigenvalue weighted by atomic mass is 10.0. The minimum absolute atomic E-state index is 0.0512. The van der Waals surface area contributed by atoms with Crippen molar-refractivity contribution >= 4 is 34.5 Å². The number of methoxy groups -OCH3 is 1. The van der Waals surface area contributed by atoms with Crippen molar-refractivity contribution in [3.63, 3.8) is 0 Å². The number of nitrogens with zero attached hydrogens (tertiary/aromatic N) is 4. The molecule has 200 valence electrons. The second-order valence-electron chi connectivity index (χ2n) is 9.45. The number of benzene rings is 3. The number of aromatic nitrogens is 3. The molecule has 2 amide bonds. The number of anilines is 1. The number of carbonyl (C=O) groups is 3. The van der Waals surface area contributed by atoms with Crippen LogP contribution < -0.4 is 10.2 Å². The number of rotatable bonds is 8. The normalized spacial score (nSPS) is 14.2. The molecule has 0 unspecified atom stereocenters. The zero-order chi connectivity index (χ0) is 27.4. The van der Waals surface area contributed by atoms with E-state index in [9.17, 15) is 14.4 Å². The first-order valence-corrected chi connectivity index (χ1v) is 12.8. The quantitative estimate of drug-likeness (QED) is 0.343. The highest BCUT2D eigenvalue weighted by Crippen LogP contribution is 2.31. The lowest BCUT2D eigenvalue weighted by Crippen LogP contribution is -2.47. The van der Waals surface area contributed by atoms with Gasteiger partial charge in [-0.15, -0.1) is 5.10 Å². The Hall–Kier alpha value is -4.60. The molecule has 0 bridgehead atoms. The van der Waals surface area contributed by atoms with Crippen LogP contribution in [0.2, 0.25) is 0 Å². The standard InChI is InChI=1S/C29H28FN5O4/c1-39-29(38)19-14-16-21(17-15-19)35(26(36)18-34-25-13-7-6-12-24(25)32-33-34)27(22-10-4-5-11-23(22)30)28(37)31-20-8-2-3-9-20/h4-7,10-17,20,27H,2-3,8-9,18H2,1H3,(H,31,37)/t27-/m1/s1. The monoisotopic (exact) mass is 529 g/mol. The molecule has 1 aliphatic rings. The van der Waals surface area contributed by atoms with Gasteiger partial charge in [-0.05, 0) is 55.3 Å². The number of carbonyl (C=O) groups excluding carboxylic acids is 3. The molecule has 39 heavy (non-hydrogen) atoms. The van der Waals surface area contributed by atoms with Crippen molar-refractivity contribution in [1.82, 2.24) is 20.3 Å². The van der Waals surface area contributed by atoms with Gasteiger partial charge in [0.2, 0.25) is 11.8 Å². The van der Waals surface area contributed by atoms with Gasteiger partial charge < -0.3 is 10.1 Å². The lowest BCUT2D eigenvalue weighted by Gasteiger charge is -2.32. The van der Waals surface area contributed by atoms with Gasteiger partial charge in [0, 0.05) is 17.3 Å². The largest absolute Gasteiger partial charge is 0.465 e. The number of ether oxygens (including phenoxy) is 1. The summed E-state index contributed by atoms with van der Waals surface area (Å²) in [4.78, 5) is 41.2. The Bertz CT molecular complexity index is 1500. The smallest absolute Gasteiger partial charge is 0.337 e. The van der Waals surface area contributed by atoms with E-state index in [2.05, 4.69) is 15.6 Å². The molecule has 1 N–H and O–H groups in total. The summed E-state index contributed by atoms with van der Waals surface area (Å²) in [5.74, 6) is -2.15. The Morgan fingerprint density at radius 1 is 1.03 bits per heavy atom. The Kier molecular flexibility index (Phi) is 7.62. The van der Waals surface area contributed by atoms with E-state index in [0.717, 1.165) is 25.7 Å². The van der Waals surface area contributed by atoms with Crippen LogP contribution in [0.25, 0.3) is 11.0 Å². The van der Waals surface area contributed by atoms with E-state index in [4.69, 9.17) is 4.74 Å². The second kappa shape index (κ2) is 11.4. The van der Waals surface area contributed by atoms with Gasteiger partial charge in [-0.3, -0.25) is 14.5 Å². The highest BCUT2D eigenvalue weighted by molar-refractivity contribution is 6.02. The topological polar surface area (TPSA) is 106 Å². The Labute approximate surface area is 224 Å². The number of esters is 1. The van der Waals surface area contributed by atoms with E-state index >= 15 is 4.39 Å². The molecular formula is C29H28FN5O4. The van der Waals surface area contributed by atoms with E-state index in [1.54, 1.807) is 30.3 Å². The van der Waals surface area contributed by atoms with Gasteiger partial charge in [0.25, 0.3) is 0 Å². The minimum atomic E-state index is -1.31. The van der Waals surface area contributed by atoms with Crippen molar-refractivity contribution in [2.45, 2.75) is 44.3 Å². The fourth-order valence-corrected chi connectivity index (χ4v) is 5.00. The van der Waals surface area contributed by atoms with Crippen LogP contribution in [-0.4, -0.2) is 45.9 Å². The van der Waals surface area contributed by atoms with Crippen molar-refractivity contribution in [3.8, 4) is 0 Å². The van der Waals surface area contributed by atoms with Gasteiger partial charge in [0.05, 0.1) is 18.2 Å². The third kappa shape index (κ3) is 5.50. The van der Waals surface area contributed by atoms with Gasteiger partial charge in [-0.25, -0.2) is 13.9 Å². The molecule has 1 heterocycles. The maximum absolute atomic E-state index is 15.2. The van der Waals surface area contributed by atoms with Crippen LogP contribution in [0.1, 0.15) is 47.6 Å². The first kappa shape index (κ1) is 26.0. The van der Waals surface area contributed by atoms with Crippen LogP contribution in [0.3, 0.4) is 0 Å². The molecule has 0 aliphatic heterocycles. The van der Waals surface area contributed by atoms with Crippen molar-refractivity contribution in [2.75, 3.05) is 12.0 Å². The molecule has 0 radical (unpaired) electrons. The predicted octanol–water partition coefficient (Wildman–Crippen LogP) is 4.19.